The van der Waals surface area contributed by atoms with Gasteiger partial charge < -0.3 is 5.11 Å². The number of benzene rings is 2. The van der Waals surface area contributed by atoms with Gasteiger partial charge in [0, 0.05) is 0 Å². The topological polar surface area (TPSA) is 52.9 Å². The SMILES string of the molecule is O=C1[C@@H]([C@@H](O)c2ccccc2)C(C(F)(F)F)=NN1c1ccccc1. The first kappa shape index (κ1) is 16.2. The van der Waals surface area contributed by atoms with Crippen LogP contribution in [0.1, 0.15) is 11.7 Å². The fourth-order valence-corrected chi connectivity index (χ4v) is 2.58. The van der Waals surface area contributed by atoms with Crippen LogP contribution in [0.3, 0.4) is 0 Å². The Hall–Kier alpha value is -2.67. The number of para-hydroxylation sites is 1. The van der Waals surface area contributed by atoms with Crippen molar-refractivity contribution in [1.82, 2.24) is 0 Å². The molecule has 1 N–H and O–H groups in total. The smallest absolute Gasteiger partial charge is 0.387 e. The predicted molar refractivity (Wildman–Crippen MR) is 82.3 cm³/mol. The molecule has 7 heteroatoms. The Kier molecular flexibility index (Phi) is 4.11. The molecule has 1 aliphatic rings. The maximum absolute atomic E-state index is 13.3. The Balaban J connectivity index is 2.02. The largest absolute Gasteiger partial charge is 0.432 e. The molecule has 4 nitrogen and oxygen atoms in total. The van der Waals surface area contributed by atoms with Crippen molar-refractivity contribution in [2.45, 2.75) is 12.3 Å². The van der Waals surface area contributed by atoms with Crippen molar-refractivity contribution >= 4 is 17.3 Å². The molecule has 0 bridgehead atoms. The minimum atomic E-state index is -4.82. The Morgan fingerprint density at radius 3 is 2.08 bits per heavy atom. The van der Waals surface area contributed by atoms with E-state index in [1.165, 1.54) is 24.3 Å². The van der Waals surface area contributed by atoms with Gasteiger partial charge in [-0.2, -0.15) is 23.3 Å². The fraction of sp³-hybridized carbons (Fsp3) is 0.176. The van der Waals surface area contributed by atoms with E-state index in [4.69, 9.17) is 0 Å². The molecule has 0 saturated carbocycles. The van der Waals surface area contributed by atoms with Crippen molar-refractivity contribution in [3.05, 3.63) is 66.2 Å². The van der Waals surface area contributed by atoms with Gasteiger partial charge in [0.25, 0.3) is 5.91 Å². The molecular formula is C17H13F3N2O2. The van der Waals surface area contributed by atoms with Gasteiger partial charge in [0.05, 0.1) is 11.8 Å². The van der Waals surface area contributed by atoms with Gasteiger partial charge in [0.15, 0.2) is 5.71 Å². The normalized spacial score (nSPS) is 19.3. The number of rotatable bonds is 3. The second kappa shape index (κ2) is 6.09. The molecule has 0 radical (unpaired) electrons. The van der Waals surface area contributed by atoms with Crippen LogP contribution in [0.15, 0.2) is 65.8 Å². The van der Waals surface area contributed by atoms with Gasteiger partial charge in [-0.05, 0) is 17.7 Å². The summed E-state index contributed by atoms with van der Waals surface area (Å²) >= 11 is 0. The highest BCUT2D eigenvalue weighted by Gasteiger charge is 2.53. The molecule has 3 rings (SSSR count). The Morgan fingerprint density at radius 1 is 1.00 bits per heavy atom. The van der Waals surface area contributed by atoms with E-state index in [0.29, 0.717) is 5.01 Å². The van der Waals surface area contributed by atoms with E-state index < -0.39 is 29.8 Å². The molecule has 0 aromatic heterocycles. The molecule has 2 atom stereocenters. The van der Waals surface area contributed by atoms with Gasteiger partial charge in [0.1, 0.15) is 5.92 Å². The zero-order valence-electron chi connectivity index (χ0n) is 12.3. The van der Waals surface area contributed by atoms with E-state index in [1.807, 2.05) is 0 Å². The molecule has 0 saturated heterocycles. The average molecular weight is 334 g/mol. The lowest BCUT2D eigenvalue weighted by Gasteiger charge is -2.20. The summed E-state index contributed by atoms with van der Waals surface area (Å²) in [6.45, 7) is 0. The van der Waals surface area contributed by atoms with Gasteiger partial charge in [0.2, 0.25) is 0 Å². The van der Waals surface area contributed by atoms with Gasteiger partial charge in [-0.1, -0.05) is 48.5 Å². The number of halogens is 3. The average Bonchev–Trinajstić information content (AvgIpc) is 2.93. The van der Waals surface area contributed by atoms with Crippen LogP contribution < -0.4 is 5.01 Å². The highest BCUT2D eigenvalue weighted by Crippen LogP contribution is 2.37. The number of alkyl halides is 3. The quantitative estimate of drug-likeness (QED) is 0.936. The maximum atomic E-state index is 13.3. The van der Waals surface area contributed by atoms with E-state index in [0.717, 1.165) is 0 Å². The minimum Gasteiger partial charge on any atom is -0.387 e. The number of hydrazone groups is 1. The van der Waals surface area contributed by atoms with Crippen molar-refractivity contribution in [3.8, 4) is 0 Å². The van der Waals surface area contributed by atoms with Crippen molar-refractivity contribution in [2.75, 3.05) is 5.01 Å². The first-order valence-electron chi connectivity index (χ1n) is 7.17. The van der Waals surface area contributed by atoms with Crippen molar-refractivity contribution in [2.24, 2.45) is 11.0 Å². The van der Waals surface area contributed by atoms with Gasteiger partial charge in [-0.3, -0.25) is 4.79 Å². The van der Waals surface area contributed by atoms with E-state index >= 15 is 0 Å². The van der Waals surface area contributed by atoms with Crippen LogP contribution >= 0.6 is 0 Å². The molecule has 1 amide bonds. The summed E-state index contributed by atoms with van der Waals surface area (Å²) in [5.74, 6) is -2.71. The summed E-state index contributed by atoms with van der Waals surface area (Å²) in [5, 5.41) is 14.5. The van der Waals surface area contributed by atoms with E-state index in [2.05, 4.69) is 5.10 Å². The predicted octanol–water partition coefficient (Wildman–Crippen LogP) is 3.30. The number of anilines is 1. The molecule has 0 spiro atoms. The summed E-state index contributed by atoms with van der Waals surface area (Å²) in [6.07, 6.45) is -6.45. The number of carbonyl (C=O) groups excluding carboxylic acids is 1. The number of amides is 1. The fourth-order valence-electron chi connectivity index (χ4n) is 2.58. The molecular weight excluding hydrogens is 321 g/mol. The summed E-state index contributed by atoms with van der Waals surface area (Å²) < 4.78 is 40.0. The summed E-state index contributed by atoms with van der Waals surface area (Å²) in [6, 6.07) is 15.6. The van der Waals surface area contributed by atoms with E-state index in [1.54, 1.807) is 36.4 Å². The molecule has 0 unspecified atom stereocenters. The first-order chi connectivity index (χ1) is 11.4. The van der Waals surface area contributed by atoms with Crippen molar-refractivity contribution < 1.29 is 23.1 Å². The van der Waals surface area contributed by atoms with Crippen molar-refractivity contribution in [1.29, 1.82) is 0 Å². The third kappa shape index (κ3) is 2.90. The summed E-state index contributed by atoms with van der Waals surface area (Å²) in [4.78, 5) is 12.5. The van der Waals surface area contributed by atoms with E-state index in [-0.39, 0.29) is 11.3 Å². The molecule has 1 aliphatic heterocycles. The molecule has 0 fully saturated rings. The molecule has 1 heterocycles. The second-order valence-corrected chi connectivity index (χ2v) is 5.30. The van der Waals surface area contributed by atoms with Crippen LogP contribution in [0, 0.1) is 5.92 Å². The van der Waals surface area contributed by atoms with Crippen LogP contribution in [0.4, 0.5) is 18.9 Å². The highest BCUT2D eigenvalue weighted by molar-refractivity contribution is 6.17. The molecule has 24 heavy (non-hydrogen) atoms. The first-order valence-corrected chi connectivity index (χ1v) is 7.17. The van der Waals surface area contributed by atoms with E-state index in [9.17, 15) is 23.1 Å². The van der Waals surface area contributed by atoms with Gasteiger partial charge in [-0.25, -0.2) is 0 Å². The lowest BCUT2D eigenvalue weighted by Crippen LogP contribution is -2.37. The standard InChI is InChI=1S/C17H13F3N2O2/c18-17(19,20)15-13(14(23)11-7-3-1-4-8-11)16(24)22(21-15)12-9-5-2-6-10-12/h1-10,13-14,23H/t13-,14-/m0/s1. The van der Waals surface area contributed by atoms with Crippen molar-refractivity contribution in [3.63, 3.8) is 0 Å². The number of nitrogens with zero attached hydrogens (tertiary/aromatic N) is 2. The maximum Gasteiger partial charge on any atom is 0.432 e. The Labute approximate surface area is 135 Å². The molecule has 2 aromatic rings. The van der Waals surface area contributed by atoms with Gasteiger partial charge >= 0.3 is 6.18 Å². The monoisotopic (exact) mass is 334 g/mol. The number of carbonyl (C=O) groups is 1. The number of hydrogen-bond donors (Lipinski definition) is 1. The zero-order valence-corrected chi connectivity index (χ0v) is 12.3. The molecule has 124 valence electrons. The summed E-state index contributed by atoms with van der Waals surface area (Å²) in [5.41, 5.74) is -0.859. The number of aliphatic hydroxyl groups is 1. The number of hydrogen-bond acceptors (Lipinski definition) is 3. The van der Waals surface area contributed by atoms with Crippen LogP contribution in [-0.4, -0.2) is 22.9 Å². The third-order valence-corrected chi connectivity index (χ3v) is 3.73. The molecule has 2 aromatic carbocycles. The third-order valence-electron chi connectivity index (χ3n) is 3.73. The van der Waals surface area contributed by atoms with Gasteiger partial charge in [-0.15, -0.1) is 0 Å². The second-order valence-electron chi connectivity index (χ2n) is 5.30. The van der Waals surface area contributed by atoms with Crippen LogP contribution in [-0.2, 0) is 4.79 Å². The lowest BCUT2D eigenvalue weighted by atomic mass is 9.91. The Bertz CT molecular complexity index is 760. The van der Waals surface area contributed by atoms with Crippen LogP contribution in [0.5, 0.6) is 0 Å². The van der Waals surface area contributed by atoms with Crippen LogP contribution in [0.2, 0.25) is 0 Å². The summed E-state index contributed by atoms with van der Waals surface area (Å²) in [7, 11) is 0. The van der Waals surface area contributed by atoms with Crippen LogP contribution in [0.25, 0.3) is 0 Å². The minimum absolute atomic E-state index is 0.215. The highest BCUT2D eigenvalue weighted by atomic mass is 19.4. The number of aliphatic hydroxyl groups excluding tert-OH is 1. The zero-order chi connectivity index (χ0) is 17.3. The lowest BCUT2D eigenvalue weighted by molar-refractivity contribution is -0.123. The molecule has 0 aliphatic carbocycles. The Morgan fingerprint density at radius 2 is 1.54 bits per heavy atom.